The van der Waals surface area contributed by atoms with E-state index in [9.17, 15) is 35.4 Å². The van der Waals surface area contributed by atoms with Crippen LogP contribution in [0.15, 0.2) is 95.2 Å². The molecule has 11 atom stereocenters. The largest absolute Gasteiger partial charge is 0.396 e. The van der Waals surface area contributed by atoms with Crippen molar-refractivity contribution in [3.63, 3.8) is 0 Å². The number of carbonyl (C=O) groups is 1. The van der Waals surface area contributed by atoms with E-state index in [-0.39, 0.29) is 49.0 Å². The number of aliphatic hydroxyl groups is 6. The first-order valence-corrected chi connectivity index (χ1v) is 24.9. The Morgan fingerprint density at radius 1 is 1.09 bits per heavy atom. The van der Waals surface area contributed by atoms with Crippen molar-refractivity contribution < 1.29 is 44.9 Å². The number of rotatable bonds is 19. The number of aliphatic hydroxyl groups excluding tert-OH is 5. The topological polar surface area (TPSA) is 181 Å². The van der Waals surface area contributed by atoms with Crippen molar-refractivity contribution in [2.45, 2.75) is 133 Å². The Morgan fingerprint density at radius 3 is 2.58 bits per heavy atom. The molecule has 8 N–H and O–H groups in total. The lowest BCUT2D eigenvalue weighted by Crippen LogP contribution is -2.65. The summed E-state index contributed by atoms with van der Waals surface area (Å²) in [4.78, 5) is 12.5. The minimum atomic E-state index is -1.28. The number of benzene rings is 1. The van der Waals surface area contributed by atoms with Gasteiger partial charge in [0.15, 0.2) is 0 Å². The van der Waals surface area contributed by atoms with Gasteiger partial charge in [0.25, 0.3) is 0 Å². The molecule has 11 unspecified atom stereocenters. The van der Waals surface area contributed by atoms with Gasteiger partial charge in [-0.05, 0) is 150 Å². The van der Waals surface area contributed by atoms with Gasteiger partial charge in [0.05, 0.1) is 31.5 Å². The molecule has 11 nitrogen and oxygen atoms in total. The van der Waals surface area contributed by atoms with Crippen molar-refractivity contribution in [1.82, 2.24) is 10.6 Å². The fraction of sp³-hybridized carbons (Fsp3) is 0.655. The molecule has 4 bridgehead atoms. The van der Waals surface area contributed by atoms with Gasteiger partial charge in [0, 0.05) is 43.1 Å². The summed E-state index contributed by atoms with van der Waals surface area (Å²) >= 11 is 0. The van der Waals surface area contributed by atoms with Crippen molar-refractivity contribution in [3.05, 3.63) is 106 Å². The summed E-state index contributed by atoms with van der Waals surface area (Å²) in [6.45, 7) is 9.05. The molecule has 3 fully saturated rings. The first-order valence-electron chi connectivity index (χ1n) is 24.9. The molecular weight excluding hydrogens is 833 g/mol. The van der Waals surface area contributed by atoms with E-state index >= 15 is 0 Å². The van der Waals surface area contributed by atoms with Crippen LogP contribution in [0.5, 0.6) is 0 Å². The molecule has 1 spiro atoms. The maximum atomic E-state index is 13.0. The van der Waals surface area contributed by atoms with Gasteiger partial charge in [-0.1, -0.05) is 97.7 Å². The molecule has 1 aliphatic heterocycles. The molecule has 0 saturated heterocycles. The number of allylic oxidation sites excluding steroid dienone is 9. The molecular formula is C55H82N2O9. The fourth-order valence-electron chi connectivity index (χ4n) is 13.0. The van der Waals surface area contributed by atoms with Gasteiger partial charge in [-0.2, -0.15) is 0 Å². The zero-order valence-electron chi connectivity index (χ0n) is 40.3. The quantitative estimate of drug-likeness (QED) is 0.0342. The lowest BCUT2D eigenvalue weighted by atomic mass is 9.45. The van der Waals surface area contributed by atoms with Gasteiger partial charge in [0.1, 0.15) is 18.6 Å². The molecule has 0 radical (unpaired) electrons. The standard InChI is InChI=1S/C55H82N2O9/c1-37(43-18-17-38(2)52(63)57-53(25-28-65-5,46-15-7-6-8-16-46)31-41-13-10-12-40(29-41)30-43)11-9-14-45(35-66-36-47(61)34-60)48-21-23-55(51(48)62)50-42(22-27-58)19-20-44(49(50)39(3)33-59)32-54(55,64)24-26-56-4/h9-14,17,19-20,29,33,42-44,46-48,50-52,56-58,60-64H,1,6-8,15-16,18,21-28,30-32,34-36H2,2-5H3. The predicted octanol–water partition coefficient (Wildman–Crippen LogP) is 6.23. The first kappa shape index (κ1) is 52.3. The average Bonchev–Trinajstić information content (AvgIpc) is 3.67. The van der Waals surface area contributed by atoms with E-state index in [0.29, 0.717) is 63.2 Å². The SMILES string of the molecule is C=C(C=CC=C(COCC(O)CO)C1CCC2(C1O)C1C(=C(C)C=O)C(C=CC1CCO)CC2(O)CCNC)C1CC=C(C)C(O)NC(CCOC)(C2CCCCC2)Cc2cccc(c2)C1. The fourth-order valence-corrected chi connectivity index (χ4v) is 13.0. The van der Waals surface area contributed by atoms with Crippen LogP contribution in [0.25, 0.3) is 0 Å². The van der Waals surface area contributed by atoms with Crippen LogP contribution in [0.4, 0.5) is 0 Å². The number of carbonyl (C=O) groups excluding carboxylic acids is 1. The summed E-state index contributed by atoms with van der Waals surface area (Å²) in [5.74, 6) is -0.691. The van der Waals surface area contributed by atoms with Gasteiger partial charge < -0.3 is 45.4 Å². The Balaban J connectivity index is 1.32. The third kappa shape index (κ3) is 11.5. The molecule has 5 aliphatic rings. The Hall–Kier alpha value is -3.07. The van der Waals surface area contributed by atoms with Crippen LogP contribution in [0.2, 0.25) is 0 Å². The summed E-state index contributed by atoms with van der Waals surface area (Å²) in [6.07, 6.45) is 21.5. The zero-order valence-corrected chi connectivity index (χ0v) is 40.3. The Morgan fingerprint density at radius 2 is 1.86 bits per heavy atom. The molecule has 11 heteroatoms. The Labute approximate surface area is 394 Å². The van der Waals surface area contributed by atoms with E-state index in [1.165, 1.54) is 30.4 Å². The van der Waals surface area contributed by atoms with E-state index in [1.54, 1.807) is 7.11 Å². The van der Waals surface area contributed by atoms with Crippen LogP contribution in [0, 0.1) is 40.9 Å². The number of fused-ring (bicyclic) bond motifs is 5. The molecule has 1 aromatic rings. The predicted molar refractivity (Wildman–Crippen MR) is 260 cm³/mol. The minimum Gasteiger partial charge on any atom is -0.396 e. The van der Waals surface area contributed by atoms with Gasteiger partial charge in [-0.25, -0.2) is 0 Å². The summed E-state index contributed by atoms with van der Waals surface area (Å²) in [7, 11) is 3.61. The normalized spacial score (nSPS) is 34.5. The molecule has 66 heavy (non-hydrogen) atoms. The molecule has 0 amide bonds. The van der Waals surface area contributed by atoms with E-state index in [1.807, 2.05) is 39.1 Å². The third-order valence-electron chi connectivity index (χ3n) is 16.5. The summed E-state index contributed by atoms with van der Waals surface area (Å²) in [5, 5.41) is 74.9. The van der Waals surface area contributed by atoms with Crippen LogP contribution in [-0.4, -0.2) is 120 Å². The van der Waals surface area contributed by atoms with Crippen LogP contribution in [0.1, 0.15) is 102 Å². The number of ether oxygens (including phenoxy) is 2. The highest BCUT2D eigenvalue weighted by Crippen LogP contribution is 2.67. The second kappa shape index (κ2) is 24.0. The first-order chi connectivity index (χ1) is 31.8. The van der Waals surface area contributed by atoms with Crippen molar-refractivity contribution in [1.29, 1.82) is 0 Å². The van der Waals surface area contributed by atoms with Gasteiger partial charge >= 0.3 is 0 Å². The number of methoxy groups -OCH3 is 1. The van der Waals surface area contributed by atoms with Crippen molar-refractivity contribution >= 4 is 6.29 Å². The highest BCUT2D eigenvalue weighted by atomic mass is 16.5. The van der Waals surface area contributed by atoms with Crippen LogP contribution < -0.4 is 10.6 Å². The molecule has 0 aromatic heterocycles. The maximum absolute atomic E-state index is 13.0. The molecule has 4 aliphatic carbocycles. The lowest BCUT2D eigenvalue weighted by molar-refractivity contribution is -0.194. The van der Waals surface area contributed by atoms with Crippen molar-refractivity contribution in [2.24, 2.45) is 40.9 Å². The summed E-state index contributed by atoms with van der Waals surface area (Å²) in [6, 6.07) is 8.87. The van der Waals surface area contributed by atoms with E-state index in [4.69, 9.17) is 9.47 Å². The molecule has 366 valence electrons. The number of hydrogen-bond acceptors (Lipinski definition) is 11. The molecule has 3 saturated carbocycles. The van der Waals surface area contributed by atoms with Gasteiger partial charge in [-0.15, -0.1) is 0 Å². The van der Waals surface area contributed by atoms with Crippen LogP contribution in [0.3, 0.4) is 0 Å². The molecule has 1 aromatic carbocycles. The lowest BCUT2D eigenvalue weighted by Gasteiger charge is -2.61. The van der Waals surface area contributed by atoms with Crippen LogP contribution >= 0.6 is 0 Å². The number of hydrogen-bond donors (Lipinski definition) is 8. The van der Waals surface area contributed by atoms with Gasteiger partial charge in [-0.3, -0.25) is 10.1 Å². The number of nitrogens with one attached hydrogen (secondary N) is 2. The second-order valence-corrected chi connectivity index (χ2v) is 20.5. The Bertz CT molecular complexity index is 1930. The third-order valence-corrected chi connectivity index (χ3v) is 16.5. The smallest absolute Gasteiger partial charge is 0.145 e. The highest BCUT2D eigenvalue weighted by Gasteiger charge is 2.68. The molecule has 6 rings (SSSR count). The monoisotopic (exact) mass is 915 g/mol. The van der Waals surface area contributed by atoms with E-state index < -0.39 is 42.0 Å². The minimum absolute atomic E-state index is 0.0225. The average molecular weight is 915 g/mol. The van der Waals surface area contributed by atoms with Crippen molar-refractivity contribution in [2.75, 3.05) is 53.7 Å². The number of aldehydes is 1. The van der Waals surface area contributed by atoms with Crippen molar-refractivity contribution in [3.8, 4) is 0 Å². The van der Waals surface area contributed by atoms with Gasteiger partial charge in [0.2, 0.25) is 0 Å². The maximum Gasteiger partial charge on any atom is 0.145 e. The molecule has 1 heterocycles. The summed E-state index contributed by atoms with van der Waals surface area (Å²) in [5.41, 5.74) is 4.00. The summed E-state index contributed by atoms with van der Waals surface area (Å²) < 4.78 is 11.7. The van der Waals surface area contributed by atoms with E-state index in [2.05, 4.69) is 59.7 Å². The Kier molecular flexibility index (Phi) is 19.0. The van der Waals surface area contributed by atoms with E-state index in [0.717, 1.165) is 60.7 Å². The van der Waals surface area contributed by atoms with Crippen LogP contribution in [-0.2, 0) is 27.1 Å². The second-order valence-electron chi connectivity index (χ2n) is 20.5. The zero-order chi connectivity index (χ0) is 47.5. The highest BCUT2D eigenvalue weighted by molar-refractivity contribution is 5.74.